The SMILES string of the molecule is Cc1ccc(NC(=O)c2ccc(C)nc2)c(F)c1. The van der Waals surface area contributed by atoms with Gasteiger partial charge in [0.05, 0.1) is 11.3 Å². The molecule has 0 bridgehead atoms. The number of anilines is 1. The predicted octanol–water partition coefficient (Wildman–Crippen LogP) is 3.09. The van der Waals surface area contributed by atoms with Gasteiger partial charge in [0, 0.05) is 11.9 Å². The number of pyridine rings is 1. The van der Waals surface area contributed by atoms with Crippen LogP contribution in [0.1, 0.15) is 21.6 Å². The van der Waals surface area contributed by atoms with Gasteiger partial charge in [0.1, 0.15) is 5.82 Å². The number of carbonyl (C=O) groups is 1. The Morgan fingerprint density at radius 1 is 1.22 bits per heavy atom. The van der Waals surface area contributed by atoms with Crippen molar-refractivity contribution in [2.45, 2.75) is 13.8 Å². The number of amides is 1. The fourth-order valence-electron chi connectivity index (χ4n) is 1.52. The quantitative estimate of drug-likeness (QED) is 0.882. The molecule has 0 atom stereocenters. The van der Waals surface area contributed by atoms with Crippen molar-refractivity contribution in [3.05, 3.63) is 59.2 Å². The van der Waals surface area contributed by atoms with E-state index in [1.165, 1.54) is 12.3 Å². The van der Waals surface area contributed by atoms with E-state index in [0.717, 1.165) is 11.3 Å². The largest absolute Gasteiger partial charge is 0.319 e. The highest BCUT2D eigenvalue weighted by molar-refractivity contribution is 6.04. The third kappa shape index (κ3) is 2.71. The molecule has 1 amide bonds. The monoisotopic (exact) mass is 244 g/mol. The second-order valence-electron chi connectivity index (χ2n) is 4.13. The van der Waals surface area contributed by atoms with Crippen LogP contribution in [0.5, 0.6) is 0 Å². The van der Waals surface area contributed by atoms with Crippen LogP contribution in [0.25, 0.3) is 0 Å². The molecule has 2 rings (SSSR count). The maximum absolute atomic E-state index is 13.6. The van der Waals surface area contributed by atoms with Gasteiger partial charge in [-0.1, -0.05) is 6.07 Å². The van der Waals surface area contributed by atoms with E-state index in [1.807, 2.05) is 6.92 Å². The average molecular weight is 244 g/mol. The van der Waals surface area contributed by atoms with Crippen LogP contribution in [0.15, 0.2) is 36.5 Å². The Balaban J connectivity index is 2.18. The van der Waals surface area contributed by atoms with Crippen molar-refractivity contribution in [3.63, 3.8) is 0 Å². The first-order chi connectivity index (χ1) is 8.56. The van der Waals surface area contributed by atoms with Gasteiger partial charge >= 0.3 is 0 Å². The highest BCUT2D eigenvalue weighted by Gasteiger charge is 2.09. The molecule has 1 heterocycles. The molecule has 0 saturated carbocycles. The van der Waals surface area contributed by atoms with E-state index in [2.05, 4.69) is 10.3 Å². The summed E-state index contributed by atoms with van der Waals surface area (Å²) >= 11 is 0. The molecule has 3 nitrogen and oxygen atoms in total. The number of nitrogens with one attached hydrogen (secondary N) is 1. The molecule has 0 spiro atoms. The molecular weight excluding hydrogens is 231 g/mol. The summed E-state index contributed by atoms with van der Waals surface area (Å²) < 4.78 is 13.6. The summed E-state index contributed by atoms with van der Waals surface area (Å²) in [5.74, 6) is -0.811. The number of hydrogen-bond acceptors (Lipinski definition) is 2. The van der Waals surface area contributed by atoms with Crippen molar-refractivity contribution in [1.29, 1.82) is 0 Å². The van der Waals surface area contributed by atoms with Gasteiger partial charge in [0.15, 0.2) is 0 Å². The van der Waals surface area contributed by atoms with E-state index in [1.54, 1.807) is 31.2 Å². The van der Waals surface area contributed by atoms with E-state index in [9.17, 15) is 9.18 Å². The minimum atomic E-state index is -0.441. The Morgan fingerprint density at radius 2 is 2.00 bits per heavy atom. The van der Waals surface area contributed by atoms with Crippen molar-refractivity contribution < 1.29 is 9.18 Å². The number of hydrogen-bond donors (Lipinski definition) is 1. The van der Waals surface area contributed by atoms with Crippen LogP contribution in [0.2, 0.25) is 0 Å². The minimum absolute atomic E-state index is 0.172. The molecule has 0 radical (unpaired) electrons. The fraction of sp³-hybridized carbons (Fsp3) is 0.143. The van der Waals surface area contributed by atoms with Crippen molar-refractivity contribution >= 4 is 11.6 Å². The lowest BCUT2D eigenvalue weighted by molar-refractivity contribution is 0.102. The molecular formula is C14H13FN2O. The van der Waals surface area contributed by atoms with E-state index in [-0.39, 0.29) is 11.6 Å². The van der Waals surface area contributed by atoms with Crippen LogP contribution < -0.4 is 5.32 Å². The van der Waals surface area contributed by atoms with Crippen LogP contribution in [0.3, 0.4) is 0 Å². The van der Waals surface area contributed by atoms with Crippen molar-refractivity contribution in [2.24, 2.45) is 0 Å². The first-order valence-corrected chi connectivity index (χ1v) is 5.56. The smallest absolute Gasteiger partial charge is 0.257 e. The molecule has 1 aromatic carbocycles. The summed E-state index contributed by atoms with van der Waals surface area (Å²) in [7, 11) is 0. The first kappa shape index (κ1) is 12.2. The number of aryl methyl sites for hydroxylation is 2. The van der Waals surface area contributed by atoms with Crippen LogP contribution in [-0.4, -0.2) is 10.9 Å². The summed E-state index contributed by atoms with van der Waals surface area (Å²) in [4.78, 5) is 15.9. The lowest BCUT2D eigenvalue weighted by Gasteiger charge is -2.07. The van der Waals surface area contributed by atoms with Crippen LogP contribution in [0.4, 0.5) is 10.1 Å². The standard InChI is InChI=1S/C14H13FN2O/c1-9-3-6-13(12(15)7-9)17-14(18)11-5-4-10(2)16-8-11/h3-8H,1-2H3,(H,17,18). The summed E-state index contributed by atoms with van der Waals surface area (Å²) in [6.07, 6.45) is 1.47. The highest BCUT2D eigenvalue weighted by Crippen LogP contribution is 2.16. The Labute approximate surface area is 105 Å². The molecule has 0 unspecified atom stereocenters. The molecule has 0 aliphatic carbocycles. The number of carbonyl (C=O) groups excluding carboxylic acids is 1. The van der Waals surface area contributed by atoms with Crippen molar-refractivity contribution in [3.8, 4) is 0 Å². The minimum Gasteiger partial charge on any atom is -0.319 e. The summed E-state index contributed by atoms with van der Waals surface area (Å²) in [5.41, 5.74) is 2.21. The van der Waals surface area contributed by atoms with Gasteiger partial charge < -0.3 is 5.32 Å². The lowest BCUT2D eigenvalue weighted by atomic mass is 10.2. The molecule has 2 aromatic rings. The molecule has 4 heteroatoms. The zero-order valence-electron chi connectivity index (χ0n) is 10.2. The Morgan fingerprint density at radius 3 is 2.61 bits per heavy atom. The third-order valence-corrected chi connectivity index (χ3v) is 2.55. The zero-order valence-corrected chi connectivity index (χ0v) is 10.2. The normalized spacial score (nSPS) is 10.2. The highest BCUT2D eigenvalue weighted by atomic mass is 19.1. The molecule has 92 valence electrons. The van der Waals surface area contributed by atoms with Gasteiger partial charge in [-0.15, -0.1) is 0 Å². The van der Waals surface area contributed by atoms with E-state index in [4.69, 9.17) is 0 Å². The molecule has 1 N–H and O–H groups in total. The molecule has 1 aromatic heterocycles. The van der Waals surface area contributed by atoms with Crippen molar-refractivity contribution in [2.75, 3.05) is 5.32 Å². The van der Waals surface area contributed by atoms with Crippen LogP contribution in [-0.2, 0) is 0 Å². The number of rotatable bonds is 2. The Hall–Kier alpha value is -2.23. The zero-order chi connectivity index (χ0) is 13.1. The molecule has 0 saturated heterocycles. The number of aromatic nitrogens is 1. The van der Waals surface area contributed by atoms with E-state index >= 15 is 0 Å². The lowest BCUT2D eigenvalue weighted by Crippen LogP contribution is -2.13. The Kier molecular flexibility index (Phi) is 3.37. The first-order valence-electron chi connectivity index (χ1n) is 5.56. The van der Waals surface area contributed by atoms with Crippen LogP contribution in [0, 0.1) is 19.7 Å². The average Bonchev–Trinajstić information content (AvgIpc) is 2.33. The maximum Gasteiger partial charge on any atom is 0.257 e. The van der Waals surface area contributed by atoms with Crippen molar-refractivity contribution in [1.82, 2.24) is 4.98 Å². The van der Waals surface area contributed by atoms with Gasteiger partial charge in [-0.25, -0.2) is 4.39 Å². The number of halogens is 1. The third-order valence-electron chi connectivity index (χ3n) is 2.55. The van der Waals surface area contributed by atoms with Gasteiger partial charge in [-0.2, -0.15) is 0 Å². The Bertz CT molecular complexity index is 579. The van der Waals surface area contributed by atoms with Gasteiger partial charge in [-0.3, -0.25) is 9.78 Å². The molecule has 0 aliphatic heterocycles. The summed E-state index contributed by atoms with van der Waals surface area (Å²) in [5, 5.41) is 2.52. The topological polar surface area (TPSA) is 42.0 Å². The van der Waals surface area contributed by atoms with E-state index < -0.39 is 5.82 Å². The summed E-state index contributed by atoms with van der Waals surface area (Å²) in [6, 6.07) is 8.06. The number of benzene rings is 1. The van der Waals surface area contributed by atoms with Gasteiger partial charge in [0.25, 0.3) is 5.91 Å². The van der Waals surface area contributed by atoms with Gasteiger partial charge in [-0.05, 0) is 43.7 Å². The van der Waals surface area contributed by atoms with Crippen LogP contribution >= 0.6 is 0 Å². The summed E-state index contributed by atoms with van der Waals surface area (Å²) in [6.45, 7) is 3.62. The predicted molar refractivity (Wildman–Crippen MR) is 68.1 cm³/mol. The second-order valence-corrected chi connectivity index (χ2v) is 4.13. The van der Waals surface area contributed by atoms with E-state index in [0.29, 0.717) is 5.56 Å². The fourth-order valence-corrected chi connectivity index (χ4v) is 1.52. The molecule has 0 fully saturated rings. The second kappa shape index (κ2) is 4.96. The molecule has 0 aliphatic rings. The maximum atomic E-state index is 13.6. The van der Waals surface area contributed by atoms with Gasteiger partial charge in [0.2, 0.25) is 0 Å². The number of nitrogens with zero attached hydrogens (tertiary/aromatic N) is 1. The molecule has 18 heavy (non-hydrogen) atoms.